The van der Waals surface area contributed by atoms with Gasteiger partial charge in [0.2, 0.25) is 8.32 Å². The van der Waals surface area contributed by atoms with Crippen molar-refractivity contribution in [1.29, 1.82) is 0 Å². The third-order valence-corrected chi connectivity index (χ3v) is 8.70. The second-order valence-corrected chi connectivity index (χ2v) is 11.8. The molecule has 0 aromatic heterocycles. The van der Waals surface area contributed by atoms with E-state index in [1.807, 2.05) is 31.2 Å². The van der Waals surface area contributed by atoms with Gasteiger partial charge in [-0.3, -0.25) is 4.79 Å². The minimum atomic E-state index is -1.80. The summed E-state index contributed by atoms with van der Waals surface area (Å²) in [6.07, 6.45) is 0. The molecule has 1 atom stereocenters. The van der Waals surface area contributed by atoms with E-state index in [4.69, 9.17) is 4.43 Å². The molecule has 0 radical (unpaired) electrons. The number of esters is 1. The van der Waals surface area contributed by atoms with Crippen LogP contribution in [0.5, 0.6) is 5.75 Å². The first-order chi connectivity index (χ1) is 10.1. The van der Waals surface area contributed by atoms with Crippen LogP contribution in [0.25, 0.3) is 0 Å². The fraction of sp³-hybridized carbons (Fsp3) is 0.588. The van der Waals surface area contributed by atoms with Gasteiger partial charge < -0.3 is 14.5 Å². The molecule has 0 aliphatic carbocycles. The molecule has 0 saturated heterocycles. The summed E-state index contributed by atoms with van der Waals surface area (Å²) in [5, 5.41) is 3.32. The number of nitrogens with one attached hydrogen (secondary N) is 1. The standard InChI is InChI=1S/C17H29NO3Si/c1-13(18-12-16(19)20-5)14-8-10-15(11-9-14)21-22(6,7)17(2,3)4/h8-11,13,18H,12H2,1-7H3. The van der Waals surface area contributed by atoms with Crippen molar-refractivity contribution in [3.8, 4) is 5.75 Å². The van der Waals surface area contributed by atoms with Crippen molar-refractivity contribution in [2.45, 2.75) is 51.9 Å². The van der Waals surface area contributed by atoms with Crippen LogP contribution < -0.4 is 9.74 Å². The average molecular weight is 324 g/mol. The van der Waals surface area contributed by atoms with Crippen molar-refractivity contribution in [1.82, 2.24) is 5.32 Å². The van der Waals surface area contributed by atoms with Gasteiger partial charge in [0.15, 0.2) is 0 Å². The van der Waals surface area contributed by atoms with Gasteiger partial charge in [-0.1, -0.05) is 32.9 Å². The number of benzene rings is 1. The third-order valence-electron chi connectivity index (χ3n) is 4.34. The van der Waals surface area contributed by atoms with E-state index in [1.54, 1.807) is 0 Å². The summed E-state index contributed by atoms with van der Waals surface area (Å²) < 4.78 is 10.9. The van der Waals surface area contributed by atoms with Crippen molar-refractivity contribution in [3.63, 3.8) is 0 Å². The molecule has 1 aromatic rings. The number of carbonyl (C=O) groups is 1. The second-order valence-electron chi connectivity index (χ2n) is 7.11. The van der Waals surface area contributed by atoms with Crippen molar-refractivity contribution in [2.24, 2.45) is 0 Å². The summed E-state index contributed by atoms with van der Waals surface area (Å²) in [6.45, 7) is 13.4. The Morgan fingerprint density at radius 1 is 1.23 bits per heavy atom. The molecular formula is C17H29NO3Si. The van der Waals surface area contributed by atoms with Crippen molar-refractivity contribution in [2.75, 3.05) is 13.7 Å². The van der Waals surface area contributed by atoms with E-state index in [0.29, 0.717) is 0 Å². The molecule has 0 bridgehead atoms. The van der Waals surface area contributed by atoms with E-state index in [1.165, 1.54) is 7.11 Å². The molecule has 1 unspecified atom stereocenters. The number of ether oxygens (including phenoxy) is 1. The number of methoxy groups -OCH3 is 1. The van der Waals surface area contributed by atoms with E-state index >= 15 is 0 Å². The normalized spacial score (nSPS) is 13.6. The summed E-state index contributed by atoms with van der Waals surface area (Å²) in [4.78, 5) is 11.2. The molecule has 0 saturated carbocycles. The van der Waals surface area contributed by atoms with Gasteiger partial charge in [-0.05, 0) is 42.8 Å². The van der Waals surface area contributed by atoms with Crippen molar-refractivity contribution in [3.05, 3.63) is 29.8 Å². The maximum Gasteiger partial charge on any atom is 0.319 e. The first-order valence-corrected chi connectivity index (χ1v) is 10.6. The van der Waals surface area contributed by atoms with Crippen LogP contribution in [0.3, 0.4) is 0 Å². The van der Waals surface area contributed by atoms with Gasteiger partial charge in [0.1, 0.15) is 5.75 Å². The van der Waals surface area contributed by atoms with Crippen LogP contribution in [0.15, 0.2) is 24.3 Å². The van der Waals surface area contributed by atoms with Crippen LogP contribution in [0.2, 0.25) is 18.1 Å². The topological polar surface area (TPSA) is 47.6 Å². The number of hydrogen-bond donors (Lipinski definition) is 1. The maximum atomic E-state index is 11.2. The first-order valence-electron chi connectivity index (χ1n) is 7.66. The zero-order chi connectivity index (χ0) is 17.0. The zero-order valence-corrected chi connectivity index (χ0v) is 15.8. The van der Waals surface area contributed by atoms with Crippen LogP contribution in [-0.2, 0) is 9.53 Å². The molecule has 22 heavy (non-hydrogen) atoms. The summed E-state index contributed by atoms with van der Waals surface area (Å²) in [7, 11) is -0.412. The fourth-order valence-electron chi connectivity index (χ4n) is 1.70. The fourth-order valence-corrected chi connectivity index (χ4v) is 2.73. The highest BCUT2D eigenvalue weighted by Crippen LogP contribution is 2.37. The highest BCUT2D eigenvalue weighted by atomic mass is 28.4. The minimum Gasteiger partial charge on any atom is -0.544 e. The molecule has 5 heteroatoms. The van der Waals surface area contributed by atoms with Crippen LogP contribution in [0.4, 0.5) is 0 Å². The quantitative estimate of drug-likeness (QED) is 0.637. The highest BCUT2D eigenvalue weighted by molar-refractivity contribution is 6.74. The van der Waals surface area contributed by atoms with Gasteiger partial charge >= 0.3 is 5.97 Å². The van der Waals surface area contributed by atoms with Gasteiger partial charge in [0, 0.05) is 6.04 Å². The predicted molar refractivity (Wildman–Crippen MR) is 92.7 cm³/mol. The Morgan fingerprint density at radius 3 is 2.23 bits per heavy atom. The average Bonchev–Trinajstić information content (AvgIpc) is 2.43. The molecule has 0 aliphatic heterocycles. The smallest absolute Gasteiger partial charge is 0.319 e. The van der Waals surface area contributed by atoms with E-state index in [0.717, 1.165) is 11.3 Å². The highest BCUT2D eigenvalue weighted by Gasteiger charge is 2.38. The minimum absolute atomic E-state index is 0.0843. The Kier molecular flexibility index (Phi) is 6.20. The SMILES string of the molecule is COC(=O)CNC(C)c1ccc(O[Si](C)(C)C(C)(C)C)cc1. The summed E-state index contributed by atoms with van der Waals surface area (Å²) in [6, 6.07) is 8.17. The lowest BCUT2D eigenvalue weighted by Gasteiger charge is -2.36. The predicted octanol–water partition coefficient (Wildman–Crippen LogP) is 3.89. The Bertz CT molecular complexity index is 492. The monoisotopic (exact) mass is 323 g/mol. The molecule has 4 nitrogen and oxygen atoms in total. The Balaban J connectivity index is 2.69. The first kappa shape index (κ1) is 18.7. The molecule has 1 rings (SSSR count). The summed E-state index contributed by atoms with van der Waals surface area (Å²) in [5.74, 6) is 0.653. The van der Waals surface area contributed by atoms with E-state index < -0.39 is 8.32 Å². The van der Waals surface area contributed by atoms with E-state index in [2.05, 4.69) is 43.9 Å². The van der Waals surface area contributed by atoms with Crippen LogP contribution in [-0.4, -0.2) is 27.9 Å². The zero-order valence-electron chi connectivity index (χ0n) is 14.8. The van der Waals surface area contributed by atoms with Gasteiger partial charge in [-0.25, -0.2) is 0 Å². The molecule has 0 spiro atoms. The van der Waals surface area contributed by atoms with Crippen LogP contribution in [0, 0.1) is 0 Å². The largest absolute Gasteiger partial charge is 0.544 e. The summed E-state index contributed by atoms with van der Waals surface area (Å²) >= 11 is 0. The molecule has 0 amide bonds. The Hall–Kier alpha value is -1.33. The van der Waals surface area contributed by atoms with Crippen molar-refractivity contribution < 1.29 is 14.0 Å². The number of hydrogen-bond acceptors (Lipinski definition) is 4. The maximum absolute atomic E-state index is 11.2. The van der Waals surface area contributed by atoms with E-state index in [9.17, 15) is 4.79 Å². The Labute approximate surface area is 135 Å². The van der Waals surface area contributed by atoms with Gasteiger partial charge in [-0.15, -0.1) is 0 Å². The summed E-state index contributed by atoms with van der Waals surface area (Å²) in [5.41, 5.74) is 1.12. The Morgan fingerprint density at radius 2 is 1.77 bits per heavy atom. The molecule has 1 N–H and O–H groups in total. The van der Waals surface area contributed by atoms with Crippen molar-refractivity contribution >= 4 is 14.3 Å². The van der Waals surface area contributed by atoms with Gasteiger partial charge in [0.25, 0.3) is 0 Å². The third kappa shape index (κ3) is 5.14. The van der Waals surface area contributed by atoms with Crippen LogP contribution >= 0.6 is 0 Å². The molecule has 0 fully saturated rings. The molecule has 0 heterocycles. The lowest BCUT2D eigenvalue weighted by atomic mass is 10.1. The lowest BCUT2D eigenvalue weighted by Crippen LogP contribution is -2.43. The van der Waals surface area contributed by atoms with Gasteiger partial charge in [0.05, 0.1) is 13.7 Å². The molecule has 1 aromatic carbocycles. The molecule has 124 valence electrons. The van der Waals surface area contributed by atoms with Crippen LogP contribution in [0.1, 0.15) is 39.3 Å². The molecule has 0 aliphatic rings. The van der Waals surface area contributed by atoms with Gasteiger partial charge in [-0.2, -0.15) is 0 Å². The number of rotatable bonds is 6. The second kappa shape index (κ2) is 7.29. The molecular weight excluding hydrogens is 294 g/mol. The number of carbonyl (C=O) groups excluding carboxylic acids is 1. The van der Waals surface area contributed by atoms with E-state index in [-0.39, 0.29) is 23.6 Å². The lowest BCUT2D eigenvalue weighted by molar-refractivity contribution is -0.139.